The fourth-order valence-electron chi connectivity index (χ4n) is 1.27. The molecule has 1 amide bonds. The molecule has 0 aliphatic carbocycles. The van der Waals surface area contributed by atoms with Gasteiger partial charge in [-0.3, -0.25) is 4.90 Å². The molecule has 6 heteroatoms. The minimum atomic E-state index is -1.32. The quantitative estimate of drug-likeness (QED) is 0.542. The predicted molar refractivity (Wildman–Crippen MR) is 54.3 cm³/mol. The maximum absolute atomic E-state index is 11.3. The summed E-state index contributed by atoms with van der Waals surface area (Å²) in [6, 6.07) is 9.05. The van der Waals surface area contributed by atoms with Crippen LogP contribution in [0.4, 0.5) is 4.79 Å². The number of hydrogen-bond donors (Lipinski definition) is 0. The summed E-state index contributed by atoms with van der Waals surface area (Å²) in [7, 11) is 1.20. The number of rotatable bonds is 4. The Labute approximate surface area is 142 Å². The average Bonchev–Trinajstić information content (AvgIpc) is 2.28. The van der Waals surface area contributed by atoms with Crippen LogP contribution in [0.5, 0.6) is 0 Å². The van der Waals surface area contributed by atoms with Crippen molar-refractivity contribution in [3.8, 4) is 0 Å². The van der Waals surface area contributed by atoms with Crippen LogP contribution in [0.2, 0.25) is 0 Å². The molecule has 0 unspecified atom stereocenters. The molecule has 5 nitrogen and oxygen atoms in total. The molecule has 0 bridgehead atoms. The molecule has 0 radical (unpaired) electrons. The Hall–Kier alpha value is -0.404. The van der Waals surface area contributed by atoms with Gasteiger partial charge in [0.2, 0.25) is 0 Å². The van der Waals surface area contributed by atoms with Gasteiger partial charge in [0, 0.05) is 6.54 Å². The van der Waals surface area contributed by atoms with E-state index < -0.39 is 18.6 Å². The van der Waals surface area contributed by atoms with E-state index in [1.165, 1.54) is 7.11 Å². The minimum Gasteiger partial charge on any atom is -0.548 e. The molecule has 0 N–H and O–H groups in total. The molecule has 0 heterocycles. The van der Waals surface area contributed by atoms with Gasteiger partial charge in [-0.25, -0.2) is 4.79 Å². The summed E-state index contributed by atoms with van der Waals surface area (Å²) in [6.07, 6.45) is -0.687. The van der Waals surface area contributed by atoms with Gasteiger partial charge >= 0.3 is 57.5 Å². The monoisotopic (exact) mass is 261 g/mol. The number of aliphatic carboxylic acids is 1. The zero-order valence-corrected chi connectivity index (χ0v) is 13.0. The molecule has 17 heavy (non-hydrogen) atoms. The zero-order valence-electron chi connectivity index (χ0n) is 9.88. The number of ether oxygens (including phenoxy) is 1. The average molecular weight is 261 g/mol. The summed E-state index contributed by atoms with van der Waals surface area (Å²) >= 11 is 0. The molecule has 0 aromatic heterocycles. The number of carbonyl (C=O) groups excluding carboxylic acids is 2. The van der Waals surface area contributed by atoms with Crippen LogP contribution in [-0.4, -0.2) is 30.6 Å². The van der Waals surface area contributed by atoms with Crippen LogP contribution >= 0.6 is 0 Å². The SMILES string of the molecule is COC(=O)N(CC(=O)[O-])Cc1ccccc1.[K+]. The predicted octanol–water partition coefficient (Wildman–Crippen LogP) is -2.99. The van der Waals surface area contributed by atoms with Crippen LogP contribution in [-0.2, 0) is 16.1 Å². The molecular formula is C11H12KNO4. The number of nitrogens with zero attached hydrogens (tertiary/aromatic N) is 1. The van der Waals surface area contributed by atoms with Crippen molar-refractivity contribution in [3.05, 3.63) is 35.9 Å². The van der Waals surface area contributed by atoms with Gasteiger partial charge in [0.1, 0.15) is 0 Å². The number of methoxy groups -OCH3 is 1. The van der Waals surface area contributed by atoms with Crippen molar-refractivity contribution in [2.24, 2.45) is 0 Å². The summed E-state index contributed by atoms with van der Waals surface area (Å²) < 4.78 is 4.48. The first-order chi connectivity index (χ1) is 7.63. The Kier molecular flexibility index (Phi) is 8.45. The molecule has 0 aliphatic rings. The van der Waals surface area contributed by atoms with Crippen molar-refractivity contribution in [1.29, 1.82) is 0 Å². The summed E-state index contributed by atoms with van der Waals surface area (Å²) in [4.78, 5) is 22.8. The third kappa shape index (κ3) is 6.18. The number of benzene rings is 1. The topological polar surface area (TPSA) is 69.7 Å². The fraction of sp³-hybridized carbons (Fsp3) is 0.273. The van der Waals surface area contributed by atoms with Crippen molar-refractivity contribution in [1.82, 2.24) is 4.90 Å². The van der Waals surface area contributed by atoms with Crippen LogP contribution in [0.25, 0.3) is 0 Å². The van der Waals surface area contributed by atoms with Gasteiger partial charge in [-0.1, -0.05) is 30.3 Å². The number of carbonyl (C=O) groups is 2. The molecule has 0 spiro atoms. The van der Waals surface area contributed by atoms with Crippen molar-refractivity contribution < 1.29 is 70.8 Å². The van der Waals surface area contributed by atoms with Crippen LogP contribution in [0, 0.1) is 0 Å². The summed E-state index contributed by atoms with van der Waals surface area (Å²) in [5.41, 5.74) is 0.828. The summed E-state index contributed by atoms with van der Waals surface area (Å²) in [6.45, 7) is -0.303. The van der Waals surface area contributed by atoms with Crippen molar-refractivity contribution >= 4 is 12.1 Å². The molecule has 0 saturated heterocycles. The van der Waals surface area contributed by atoms with E-state index in [0.717, 1.165) is 10.5 Å². The van der Waals surface area contributed by atoms with Crippen molar-refractivity contribution in [3.63, 3.8) is 0 Å². The second-order valence-corrected chi connectivity index (χ2v) is 3.18. The Morgan fingerprint density at radius 3 is 2.35 bits per heavy atom. The van der Waals surface area contributed by atoms with Gasteiger partial charge in [0.05, 0.1) is 19.6 Å². The molecule has 0 saturated carbocycles. The van der Waals surface area contributed by atoms with Crippen LogP contribution < -0.4 is 56.5 Å². The van der Waals surface area contributed by atoms with E-state index in [2.05, 4.69) is 4.74 Å². The molecule has 0 atom stereocenters. The molecule has 1 aromatic rings. The van der Waals surface area contributed by atoms with E-state index in [-0.39, 0.29) is 57.9 Å². The second kappa shape index (κ2) is 8.65. The maximum Gasteiger partial charge on any atom is 1.00 e. The summed E-state index contributed by atoms with van der Waals surface area (Å²) in [5, 5.41) is 10.5. The third-order valence-corrected chi connectivity index (χ3v) is 1.97. The van der Waals surface area contributed by atoms with Gasteiger partial charge in [-0.2, -0.15) is 0 Å². The van der Waals surface area contributed by atoms with Crippen molar-refractivity contribution in [2.75, 3.05) is 13.7 Å². The van der Waals surface area contributed by atoms with E-state index in [9.17, 15) is 14.7 Å². The van der Waals surface area contributed by atoms with E-state index >= 15 is 0 Å². The number of carboxylic acid groups (broad SMARTS) is 1. The second-order valence-electron chi connectivity index (χ2n) is 3.18. The molecule has 0 aliphatic heterocycles. The zero-order chi connectivity index (χ0) is 12.0. The smallest absolute Gasteiger partial charge is 0.548 e. The normalized spacial score (nSPS) is 9.00. The first kappa shape index (κ1) is 16.6. The molecule has 86 valence electrons. The van der Waals surface area contributed by atoms with Crippen LogP contribution in [0.1, 0.15) is 5.56 Å². The molecular weight excluding hydrogens is 249 g/mol. The van der Waals surface area contributed by atoms with Crippen molar-refractivity contribution in [2.45, 2.75) is 6.54 Å². The first-order valence-corrected chi connectivity index (χ1v) is 4.70. The minimum absolute atomic E-state index is 0. The van der Waals surface area contributed by atoms with E-state index in [1.54, 1.807) is 12.1 Å². The van der Waals surface area contributed by atoms with E-state index in [0.29, 0.717) is 0 Å². The summed E-state index contributed by atoms with van der Waals surface area (Å²) in [5.74, 6) is -1.32. The van der Waals surface area contributed by atoms with E-state index in [1.807, 2.05) is 18.2 Å². The Balaban J connectivity index is 0.00000256. The molecule has 0 fully saturated rings. The first-order valence-electron chi connectivity index (χ1n) is 4.70. The largest absolute Gasteiger partial charge is 1.00 e. The maximum atomic E-state index is 11.3. The number of amides is 1. The van der Waals surface area contributed by atoms with Crippen LogP contribution in [0.3, 0.4) is 0 Å². The van der Waals surface area contributed by atoms with Gasteiger partial charge in [-0.05, 0) is 5.56 Å². The Morgan fingerprint density at radius 2 is 1.88 bits per heavy atom. The Bertz CT molecular complexity index is 369. The molecule has 1 aromatic carbocycles. The van der Waals surface area contributed by atoms with Gasteiger partial charge in [-0.15, -0.1) is 0 Å². The van der Waals surface area contributed by atoms with E-state index in [4.69, 9.17) is 0 Å². The Morgan fingerprint density at radius 1 is 1.29 bits per heavy atom. The molecule has 1 rings (SSSR count). The standard InChI is InChI=1S/C11H13NO4.K/c1-16-11(15)12(8-10(13)14)7-9-5-3-2-4-6-9;/h2-6H,7-8H2,1H3,(H,13,14);/q;+1/p-1. The number of hydrogen-bond acceptors (Lipinski definition) is 4. The fourth-order valence-corrected chi connectivity index (χ4v) is 1.27. The van der Waals surface area contributed by atoms with Crippen LogP contribution in [0.15, 0.2) is 30.3 Å². The number of carboxylic acids is 1. The van der Waals surface area contributed by atoms with Gasteiger partial charge in [0.25, 0.3) is 0 Å². The van der Waals surface area contributed by atoms with Gasteiger partial charge in [0.15, 0.2) is 0 Å². The van der Waals surface area contributed by atoms with Gasteiger partial charge < -0.3 is 14.6 Å². The third-order valence-electron chi connectivity index (χ3n) is 1.97.